The average Bonchev–Trinajstić information content (AvgIpc) is 3.06. The Kier molecular flexibility index (Phi) is 5.85. The van der Waals surface area contributed by atoms with E-state index < -0.39 is 6.04 Å². The van der Waals surface area contributed by atoms with Crippen molar-refractivity contribution in [3.8, 4) is 0 Å². The maximum atomic E-state index is 12.8. The maximum Gasteiger partial charge on any atom is 0.240 e. The van der Waals surface area contributed by atoms with Gasteiger partial charge in [-0.3, -0.25) is 4.79 Å². The molecular formula is C20H20Cl2N4O. The molecule has 0 saturated carbocycles. The number of nitrogens with one attached hydrogen (secondary N) is 1. The summed E-state index contributed by atoms with van der Waals surface area (Å²) in [7, 11) is 0. The van der Waals surface area contributed by atoms with Gasteiger partial charge in [-0.05, 0) is 52.9 Å². The van der Waals surface area contributed by atoms with Crippen LogP contribution in [0.4, 0.5) is 0 Å². The van der Waals surface area contributed by atoms with Crippen LogP contribution in [0.25, 0.3) is 5.70 Å². The summed E-state index contributed by atoms with van der Waals surface area (Å²) in [5, 5.41) is 8.18. The fourth-order valence-corrected chi connectivity index (χ4v) is 3.65. The van der Waals surface area contributed by atoms with Gasteiger partial charge in [0.25, 0.3) is 0 Å². The van der Waals surface area contributed by atoms with Crippen LogP contribution in [0.15, 0.2) is 42.5 Å². The van der Waals surface area contributed by atoms with Gasteiger partial charge in [-0.2, -0.15) is 0 Å². The lowest BCUT2D eigenvalue weighted by molar-refractivity contribution is -0.133. The minimum absolute atomic E-state index is 0.123. The first-order valence-corrected chi connectivity index (χ1v) is 9.21. The van der Waals surface area contributed by atoms with Crippen molar-refractivity contribution in [1.29, 1.82) is 5.41 Å². The molecule has 5 N–H and O–H groups in total. The second kappa shape index (κ2) is 8.13. The summed E-state index contributed by atoms with van der Waals surface area (Å²) in [5.41, 5.74) is 16.4. The molecule has 27 heavy (non-hydrogen) atoms. The fraction of sp³-hybridized carbons (Fsp3) is 0.200. The largest absolute Gasteiger partial charge is 0.398 e. The molecule has 7 heteroatoms. The van der Waals surface area contributed by atoms with E-state index in [1.54, 1.807) is 23.1 Å². The molecule has 0 aromatic heterocycles. The number of carbonyl (C=O) groups is 1. The molecule has 0 saturated heterocycles. The molecule has 1 amide bonds. The van der Waals surface area contributed by atoms with Crippen LogP contribution in [0.5, 0.6) is 0 Å². The van der Waals surface area contributed by atoms with E-state index in [9.17, 15) is 4.79 Å². The van der Waals surface area contributed by atoms with E-state index in [1.165, 1.54) is 6.08 Å². The summed E-state index contributed by atoms with van der Waals surface area (Å²) in [5.74, 6) is -0.123. The van der Waals surface area contributed by atoms with Crippen molar-refractivity contribution in [2.24, 2.45) is 11.5 Å². The number of halogens is 2. The Morgan fingerprint density at radius 1 is 1.19 bits per heavy atom. The first kappa shape index (κ1) is 19.4. The second-order valence-electron chi connectivity index (χ2n) is 6.51. The number of hydrogen-bond acceptors (Lipinski definition) is 4. The Morgan fingerprint density at radius 2 is 1.93 bits per heavy atom. The first-order valence-electron chi connectivity index (χ1n) is 8.45. The van der Waals surface area contributed by atoms with Crippen molar-refractivity contribution >= 4 is 41.0 Å². The quantitative estimate of drug-likeness (QED) is 0.668. The van der Waals surface area contributed by atoms with Crippen LogP contribution < -0.4 is 11.5 Å². The summed E-state index contributed by atoms with van der Waals surface area (Å²) in [6, 6.07) is 10.3. The predicted octanol–water partition coefficient (Wildman–Crippen LogP) is 3.35. The van der Waals surface area contributed by atoms with E-state index in [4.69, 9.17) is 40.1 Å². The molecule has 5 nitrogen and oxygen atoms in total. The standard InChI is InChI=1S/C20H20Cl2N4O/c21-16-4-3-12(17(22)9-16)8-19(25)20(27)26-10-14-2-1-13(7-15(14)11-26)18(24)5-6-23/h1-7,9,19,23H,8,10-11,24-25H2/b18-5-,23-6?. The Labute approximate surface area is 168 Å². The van der Waals surface area contributed by atoms with Gasteiger partial charge in [0.15, 0.2) is 0 Å². The molecule has 0 radical (unpaired) electrons. The van der Waals surface area contributed by atoms with Crippen LogP contribution in [-0.4, -0.2) is 23.1 Å². The number of benzene rings is 2. The molecule has 0 fully saturated rings. The Balaban J connectivity index is 1.70. The summed E-state index contributed by atoms with van der Waals surface area (Å²) >= 11 is 12.1. The molecule has 0 aliphatic carbocycles. The number of nitrogens with zero attached hydrogens (tertiary/aromatic N) is 1. The summed E-state index contributed by atoms with van der Waals surface area (Å²) in [6.07, 6.45) is 3.03. The van der Waals surface area contributed by atoms with E-state index in [0.29, 0.717) is 35.3 Å². The van der Waals surface area contributed by atoms with Crippen molar-refractivity contribution in [2.45, 2.75) is 25.6 Å². The van der Waals surface area contributed by atoms with Gasteiger partial charge in [-0.25, -0.2) is 0 Å². The zero-order valence-electron chi connectivity index (χ0n) is 14.6. The third-order valence-corrected chi connectivity index (χ3v) is 5.20. The van der Waals surface area contributed by atoms with Crippen LogP contribution in [0.3, 0.4) is 0 Å². The third-order valence-electron chi connectivity index (χ3n) is 4.61. The monoisotopic (exact) mass is 402 g/mol. The smallest absolute Gasteiger partial charge is 0.240 e. The highest BCUT2D eigenvalue weighted by molar-refractivity contribution is 6.35. The topological polar surface area (TPSA) is 96.2 Å². The van der Waals surface area contributed by atoms with Crippen molar-refractivity contribution in [1.82, 2.24) is 4.90 Å². The highest BCUT2D eigenvalue weighted by Gasteiger charge is 2.28. The lowest BCUT2D eigenvalue weighted by Crippen LogP contribution is -2.42. The van der Waals surface area contributed by atoms with Crippen LogP contribution in [0.2, 0.25) is 10.0 Å². The van der Waals surface area contributed by atoms with Crippen LogP contribution in [0, 0.1) is 5.41 Å². The number of allylic oxidation sites excluding steroid dienone is 1. The summed E-state index contributed by atoms with van der Waals surface area (Å²) < 4.78 is 0. The number of nitrogens with two attached hydrogens (primary N) is 2. The fourth-order valence-electron chi connectivity index (χ4n) is 3.16. The van der Waals surface area contributed by atoms with Gasteiger partial charge in [-0.15, -0.1) is 0 Å². The molecule has 1 aliphatic heterocycles. The van der Waals surface area contributed by atoms with Crippen LogP contribution in [-0.2, 0) is 24.3 Å². The van der Waals surface area contributed by atoms with Gasteiger partial charge in [0.05, 0.1) is 6.04 Å². The number of fused-ring (bicyclic) bond motifs is 1. The van der Waals surface area contributed by atoms with E-state index in [-0.39, 0.29) is 5.91 Å². The minimum atomic E-state index is -0.680. The second-order valence-corrected chi connectivity index (χ2v) is 7.36. The molecule has 1 aliphatic rings. The zero-order valence-corrected chi connectivity index (χ0v) is 16.1. The summed E-state index contributed by atoms with van der Waals surface area (Å²) in [6.45, 7) is 1.01. The Hall–Kier alpha value is -2.34. The summed E-state index contributed by atoms with van der Waals surface area (Å²) in [4.78, 5) is 14.5. The van der Waals surface area contributed by atoms with Gasteiger partial charge in [0, 0.05) is 35.0 Å². The number of carbonyl (C=O) groups excluding carboxylic acids is 1. The number of amides is 1. The van der Waals surface area contributed by atoms with E-state index >= 15 is 0 Å². The van der Waals surface area contributed by atoms with Gasteiger partial charge >= 0.3 is 0 Å². The van der Waals surface area contributed by atoms with Crippen molar-refractivity contribution < 1.29 is 4.79 Å². The van der Waals surface area contributed by atoms with Gasteiger partial charge in [-0.1, -0.05) is 41.4 Å². The molecule has 1 unspecified atom stereocenters. The van der Waals surface area contributed by atoms with Crippen molar-refractivity contribution in [3.05, 3.63) is 74.8 Å². The minimum Gasteiger partial charge on any atom is -0.398 e. The Morgan fingerprint density at radius 3 is 2.63 bits per heavy atom. The highest BCUT2D eigenvalue weighted by atomic mass is 35.5. The lowest BCUT2D eigenvalue weighted by Gasteiger charge is -2.20. The van der Waals surface area contributed by atoms with E-state index in [2.05, 4.69) is 0 Å². The number of hydrogen-bond donors (Lipinski definition) is 3. The maximum absolute atomic E-state index is 12.8. The molecular weight excluding hydrogens is 383 g/mol. The molecule has 140 valence electrons. The predicted molar refractivity (Wildman–Crippen MR) is 110 cm³/mol. The molecule has 3 rings (SSSR count). The van der Waals surface area contributed by atoms with Crippen LogP contribution >= 0.6 is 23.2 Å². The van der Waals surface area contributed by atoms with Crippen molar-refractivity contribution in [3.63, 3.8) is 0 Å². The highest BCUT2D eigenvalue weighted by Crippen LogP contribution is 2.27. The number of rotatable bonds is 5. The zero-order chi connectivity index (χ0) is 19.6. The van der Waals surface area contributed by atoms with E-state index in [1.807, 2.05) is 18.2 Å². The van der Waals surface area contributed by atoms with Gasteiger partial charge in [0.2, 0.25) is 5.91 Å². The van der Waals surface area contributed by atoms with Crippen LogP contribution in [0.1, 0.15) is 22.3 Å². The molecule has 2 aromatic rings. The normalized spacial score (nSPS) is 14.8. The molecule has 1 atom stereocenters. The molecule has 1 heterocycles. The third kappa shape index (κ3) is 4.33. The van der Waals surface area contributed by atoms with Gasteiger partial charge in [0.1, 0.15) is 0 Å². The Bertz CT molecular complexity index is 926. The molecule has 2 aromatic carbocycles. The van der Waals surface area contributed by atoms with Crippen molar-refractivity contribution in [2.75, 3.05) is 0 Å². The average molecular weight is 403 g/mol. The lowest BCUT2D eigenvalue weighted by atomic mass is 10.0. The molecule has 0 bridgehead atoms. The van der Waals surface area contributed by atoms with Gasteiger partial charge < -0.3 is 21.8 Å². The first-order chi connectivity index (χ1) is 12.9. The molecule has 0 spiro atoms. The SMILES string of the molecule is N=C/C=C(\N)c1ccc2c(c1)CN(C(=O)C(N)Cc1ccc(Cl)cc1Cl)C2. The van der Waals surface area contributed by atoms with E-state index in [0.717, 1.165) is 28.5 Å².